The Bertz CT molecular complexity index is 589. The van der Waals surface area contributed by atoms with Crippen LogP contribution in [0.3, 0.4) is 0 Å². The van der Waals surface area contributed by atoms with Gasteiger partial charge in [-0.05, 0) is 31.9 Å². The lowest BCUT2D eigenvalue weighted by molar-refractivity contribution is 0.340. The molecule has 1 fully saturated rings. The van der Waals surface area contributed by atoms with Crippen LogP contribution in [0, 0.1) is 0 Å². The predicted molar refractivity (Wildman–Crippen MR) is 76.5 cm³/mol. The van der Waals surface area contributed by atoms with E-state index in [1.54, 1.807) is 6.07 Å². The van der Waals surface area contributed by atoms with Crippen molar-refractivity contribution in [3.63, 3.8) is 0 Å². The van der Waals surface area contributed by atoms with E-state index in [0.29, 0.717) is 24.1 Å². The van der Waals surface area contributed by atoms with Crippen molar-refractivity contribution in [3.05, 3.63) is 24.1 Å². The molecule has 3 rings (SSSR count). The maximum atomic E-state index is 5.89. The Morgan fingerprint density at radius 2 is 2.05 bits per heavy atom. The van der Waals surface area contributed by atoms with E-state index in [0.717, 1.165) is 30.0 Å². The van der Waals surface area contributed by atoms with Gasteiger partial charge in [0.05, 0.1) is 6.61 Å². The minimum atomic E-state index is 0.420. The maximum Gasteiger partial charge on any atom is 0.247 e. The van der Waals surface area contributed by atoms with Crippen LogP contribution in [-0.4, -0.2) is 16.8 Å². The van der Waals surface area contributed by atoms with Crippen molar-refractivity contribution in [2.45, 2.75) is 38.5 Å². The molecule has 1 heterocycles. The standard InChI is InChI=1S/C15H19N3O2/c1-2-19-13-8-11(7-12(16)9-13)15-18-17-14(20-15)10-5-3-4-6-10/h7-10H,2-6,16H2,1H3. The number of hydrogen-bond acceptors (Lipinski definition) is 5. The van der Waals surface area contributed by atoms with Gasteiger partial charge in [-0.15, -0.1) is 10.2 Å². The van der Waals surface area contributed by atoms with Crippen LogP contribution in [-0.2, 0) is 0 Å². The SMILES string of the molecule is CCOc1cc(N)cc(-c2nnc(C3CCCC3)o2)c1. The highest BCUT2D eigenvalue weighted by Crippen LogP contribution is 2.35. The van der Waals surface area contributed by atoms with Gasteiger partial charge >= 0.3 is 0 Å². The summed E-state index contributed by atoms with van der Waals surface area (Å²) in [7, 11) is 0. The van der Waals surface area contributed by atoms with Crippen LogP contribution in [0.4, 0.5) is 5.69 Å². The Hall–Kier alpha value is -2.04. The molecule has 1 aromatic heterocycles. The maximum absolute atomic E-state index is 5.89. The third-order valence-electron chi connectivity index (χ3n) is 3.63. The quantitative estimate of drug-likeness (QED) is 0.864. The lowest BCUT2D eigenvalue weighted by Crippen LogP contribution is -1.94. The lowest BCUT2D eigenvalue weighted by Gasteiger charge is -2.06. The van der Waals surface area contributed by atoms with Gasteiger partial charge in [-0.3, -0.25) is 0 Å². The van der Waals surface area contributed by atoms with E-state index in [1.165, 1.54) is 12.8 Å². The zero-order valence-electron chi connectivity index (χ0n) is 11.6. The fourth-order valence-electron chi connectivity index (χ4n) is 2.68. The van der Waals surface area contributed by atoms with E-state index >= 15 is 0 Å². The molecular formula is C15H19N3O2. The van der Waals surface area contributed by atoms with Crippen LogP contribution < -0.4 is 10.5 Å². The van der Waals surface area contributed by atoms with Crippen molar-refractivity contribution in [3.8, 4) is 17.2 Å². The van der Waals surface area contributed by atoms with E-state index < -0.39 is 0 Å². The topological polar surface area (TPSA) is 74.2 Å². The van der Waals surface area contributed by atoms with E-state index in [4.69, 9.17) is 14.9 Å². The van der Waals surface area contributed by atoms with Gasteiger partial charge in [0, 0.05) is 23.2 Å². The zero-order valence-corrected chi connectivity index (χ0v) is 11.6. The van der Waals surface area contributed by atoms with E-state index in [9.17, 15) is 0 Å². The molecule has 1 aromatic carbocycles. The normalized spacial score (nSPS) is 15.7. The van der Waals surface area contributed by atoms with Crippen LogP contribution in [0.15, 0.2) is 22.6 Å². The van der Waals surface area contributed by atoms with Gasteiger partial charge in [-0.1, -0.05) is 12.8 Å². The second-order valence-corrected chi connectivity index (χ2v) is 5.15. The average molecular weight is 273 g/mol. The zero-order chi connectivity index (χ0) is 13.9. The van der Waals surface area contributed by atoms with Crippen molar-refractivity contribution in [2.24, 2.45) is 0 Å². The molecule has 1 saturated carbocycles. The third-order valence-corrected chi connectivity index (χ3v) is 3.63. The highest BCUT2D eigenvalue weighted by atomic mass is 16.5. The first-order valence-electron chi connectivity index (χ1n) is 7.13. The molecule has 5 nitrogen and oxygen atoms in total. The van der Waals surface area contributed by atoms with Gasteiger partial charge in [0.1, 0.15) is 5.75 Å². The molecule has 0 spiro atoms. The van der Waals surface area contributed by atoms with Crippen molar-refractivity contribution in [1.82, 2.24) is 10.2 Å². The number of rotatable bonds is 4. The summed E-state index contributed by atoms with van der Waals surface area (Å²) in [6.07, 6.45) is 4.77. The molecule has 0 saturated heterocycles. The Labute approximate surface area is 118 Å². The fraction of sp³-hybridized carbons (Fsp3) is 0.467. The summed E-state index contributed by atoms with van der Waals surface area (Å²) < 4.78 is 11.3. The monoisotopic (exact) mass is 273 g/mol. The Kier molecular flexibility index (Phi) is 3.58. The van der Waals surface area contributed by atoms with Crippen LogP contribution in [0.5, 0.6) is 5.75 Å². The Morgan fingerprint density at radius 1 is 1.25 bits per heavy atom. The highest BCUT2D eigenvalue weighted by Gasteiger charge is 2.23. The Balaban J connectivity index is 1.88. The number of benzene rings is 1. The van der Waals surface area contributed by atoms with Gasteiger partial charge < -0.3 is 14.9 Å². The minimum absolute atomic E-state index is 0.420. The van der Waals surface area contributed by atoms with Crippen molar-refractivity contribution < 1.29 is 9.15 Å². The molecule has 2 N–H and O–H groups in total. The lowest BCUT2D eigenvalue weighted by atomic mass is 10.1. The molecule has 2 aromatic rings. The average Bonchev–Trinajstić information content (AvgIpc) is 3.10. The molecule has 0 atom stereocenters. The smallest absolute Gasteiger partial charge is 0.247 e. The molecule has 0 radical (unpaired) electrons. The number of nitrogen functional groups attached to an aromatic ring is 1. The summed E-state index contributed by atoms with van der Waals surface area (Å²) in [5.41, 5.74) is 7.33. The second-order valence-electron chi connectivity index (χ2n) is 5.15. The summed E-state index contributed by atoms with van der Waals surface area (Å²) in [5.74, 6) is 2.41. The minimum Gasteiger partial charge on any atom is -0.494 e. The molecule has 5 heteroatoms. The van der Waals surface area contributed by atoms with Crippen molar-refractivity contribution in [2.75, 3.05) is 12.3 Å². The molecule has 1 aliphatic rings. The molecule has 0 aliphatic heterocycles. The van der Waals surface area contributed by atoms with Crippen molar-refractivity contribution >= 4 is 5.69 Å². The summed E-state index contributed by atoms with van der Waals surface area (Å²) in [6.45, 7) is 2.54. The van der Waals surface area contributed by atoms with Crippen LogP contribution in [0.2, 0.25) is 0 Å². The summed E-state index contributed by atoms with van der Waals surface area (Å²) in [5, 5.41) is 8.33. The van der Waals surface area contributed by atoms with E-state index in [2.05, 4.69) is 10.2 Å². The first-order valence-corrected chi connectivity index (χ1v) is 7.13. The predicted octanol–water partition coefficient (Wildman–Crippen LogP) is 3.38. The molecule has 0 bridgehead atoms. The summed E-state index contributed by atoms with van der Waals surface area (Å²) >= 11 is 0. The van der Waals surface area contributed by atoms with Crippen molar-refractivity contribution in [1.29, 1.82) is 0 Å². The van der Waals surface area contributed by atoms with Gasteiger partial charge in [0.25, 0.3) is 0 Å². The molecule has 20 heavy (non-hydrogen) atoms. The van der Waals surface area contributed by atoms with Crippen LogP contribution in [0.1, 0.15) is 44.4 Å². The Morgan fingerprint density at radius 3 is 2.80 bits per heavy atom. The molecule has 0 amide bonds. The van der Waals surface area contributed by atoms with E-state index in [-0.39, 0.29) is 0 Å². The first-order chi connectivity index (χ1) is 9.76. The van der Waals surface area contributed by atoms with Gasteiger partial charge in [-0.2, -0.15) is 0 Å². The number of anilines is 1. The third kappa shape index (κ3) is 2.61. The fourth-order valence-corrected chi connectivity index (χ4v) is 2.68. The van der Waals surface area contributed by atoms with Crippen LogP contribution >= 0.6 is 0 Å². The molecule has 106 valence electrons. The highest BCUT2D eigenvalue weighted by molar-refractivity contribution is 5.63. The summed E-state index contributed by atoms with van der Waals surface area (Å²) in [6, 6.07) is 5.50. The number of aromatic nitrogens is 2. The number of hydrogen-bond donors (Lipinski definition) is 1. The second kappa shape index (κ2) is 5.53. The molecular weight excluding hydrogens is 254 g/mol. The summed E-state index contributed by atoms with van der Waals surface area (Å²) in [4.78, 5) is 0. The number of nitrogens with zero attached hydrogens (tertiary/aromatic N) is 2. The number of nitrogens with two attached hydrogens (primary N) is 1. The van der Waals surface area contributed by atoms with Crippen LogP contribution in [0.25, 0.3) is 11.5 Å². The number of ether oxygens (including phenoxy) is 1. The van der Waals surface area contributed by atoms with E-state index in [1.807, 2.05) is 19.1 Å². The largest absolute Gasteiger partial charge is 0.494 e. The first kappa shape index (κ1) is 13.0. The molecule has 0 unspecified atom stereocenters. The van der Waals surface area contributed by atoms with Gasteiger partial charge in [-0.25, -0.2) is 0 Å². The van der Waals surface area contributed by atoms with Gasteiger partial charge in [0.2, 0.25) is 11.8 Å². The van der Waals surface area contributed by atoms with Gasteiger partial charge in [0.15, 0.2) is 0 Å². The molecule has 1 aliphatic carbocycles.